The van der Waals surface area contributed by atoms with Gasteiger partial charge in [-0.2, -0.15) is 0 Å². The van der Waals surface area contributed by atoms with Gasteiger partial charge in [-0.3, -0.25) is 4.79 Å². The molecule has 2 rings (SSSR count). The molecule has 1 aromatic carbocycles. The van der Waals surface area contributed by atoms with E-state index in [4.69, 9.17) is 10.5 Å². The van der Waals surface area contributed by atoms with Gasteiger partial charge in [0.05, 0.1) is 12.8 Å². The molecule has 1 heterocycles. The molecule has 0 atom stereocenters. The molecule has 0 bridgehead atoms. The van der Waals surface area contributed by atoms with E-state index in [1.165, 1.54) is 0 Å². The Bertz CT molecular complexity index is 468. The molecule has 1 fully saturated rings. The van der Waals surface area contributed by atoms with Crippen LogP contribution in [0.15, 0.2) is 18.2 Å². The molecule has 0 saturated carbocycles. The first kappa shape index (κ1) is 14.7. The van der Waals surface area contributed by atoms with Crippen LogP contribution < -0.4 is 10.5 Å². The van der Waals surface area contributed by atoms with Crippen molar-refractivity contribution < 1.29 is 9.53 Å². The largest absolute Gasteiger partial charge is 0.495 e. The second-order valence-corrected chi connectivity index (χ2v) is 5.26. The number of anilines is 1. The molecule has 1 amide bonds. The van der Waals surface area contributed by atoms with Crippen LogP contribution in [0.25, 0.3) is 0 Å². The van der Waals surface area contributed by atoms with Gasteiger partial charge in [0.1, 0.15) is 5.75 Å². The maximum Gasteiger partial charge on any atom is 0.222 e. The van der Waals surface area contributed by atoms with E-state index < -0.39 is 0 Å². The molecule has 5 heteroatoms. The highest BCUT2D eigenvalue weighted by Crippen LogP contribution is 2.22. The smallest absolute Gasteiger partial charge is 0.222 e. The van der Waals surface area contributed by atoms with Crippen molar-refractivity contribution in [2.24, 2.45) is 0 Å². The van der Waals surface area contributed by atoms with Crippen LogP contribution in [0.2, 0.25) is 0 Å². The fourth-order valence-electron chi connectivity index (χ4n) is 2.40. The van der Waals surface area contributed by atoms with Crippen molar-refractivity contribution in [2.75, 3.05) is 46.1 Å². The average molecular weight is 277 g/mol. The fourth-order valence-corrected chi connectivity index (χ4v) is 2.40. The van der Waals surface area contributed by atoms with Crippen LogP contribution >= 0.6 is 0 Å². The molecular weight excluding hydrogens is 254 g/mol. The van der Waals surface area contributed by atoms with Crippen molar-refractivity contribution in [3.8, 4) is 5.75 Å². The van der Waals surface area contributed by atoms with E-state index in [1.54, 1.807) is 7.11 Å². The van der Waals surface area contributed by atoms with Gasteiger partial charge in [0.2, 0.25) is 5.91 Å². The molecule has 1 saturated heterocycles. The first-order chi connectivity index (χ1) is 9.60. The summed E-state index contributed by atoms with van der Waals surface area (Å²) >= 11 is 0. The molecule has 2 N–H and O–H groups in total. The van der Waals surface area contributed by atoms with Gasteiger partial charge in [-0.1, -0.05) is 6.07 Å². The second kappa shape index (κ2) is 6.61. The molecule has 1 aliphatic heterocycles. The molecule has 0 aliphatic carbocycles. The van der Waals surface area contributed by atoms with Crippen molar-refractivity contribution in [3.05, 3.63) is 23.8 Å². The Balaban J connectivity index is 1.85. The van der Waals surface area contributed by atoms with E-state index in [9.17, 15) is 4.79 Å². The number of piperazine rings is 1. The van der Waals surface area contributed by atoms with Gasteiger partial charge in [-0.15, -0.1) is 0 Å². The number of nitrogens with zero attached hydrogens (tertiary/aromatic N) is 2. The normalized spacial score (nSPS) is 16.2. The predicted octanol–water partition coefficient (Wildman–Crippen LogP) is 0.984. The van der Waals surface area contributed by atoms with Crippen LogP contribution in [0.5, 0.6) is 5.75 Å². The lowest BCUT2D eigenvalue weighted by molar-refractivity contribution is -0.132. The van der Waals surface area contributed by atoms with Crippen molar-refractivity contribution >= 4 is 11.6 Å². The summed E-state index contributed by atoms with van der Waals surface area (Å²) in [6.07, 6.45) is 1.26. The summed E-state index contributed by atoms with van der Waals surface area (Å²) in [6.45, 7) is 3.59. The van der Waals surface area contributed by atoms with Gasteiger partial charge in [0.25, 0.3) is 0 Å². The molecule has 0 radical (unpaired) electrons. The SMILES string of the molecule is COc1ccc(CCC(=O)N2CCN(C)CC2)cc1N. The predicted molar refractivity (Wildman–Crippen MR) is 79.8 cm³/mol. The van der Waals surface area contributed by atoms with Gasteiger partial charge >= 0.3 is 0 Å². The van der Waals surface area contributed by atoms with E-state index >= 15 is 0 Å². The fraction of sp³-hybridized carbons (Fsp3) is 0.533. The summed E-state index contributed by atoms with van der Waals surface area (Å²) in [5.74, 6) is 0.909. The Labute approximate surface area is 120 Å². The number of carbonyl (C=O) groups is 1. The minimum atomic E-state index is 0.229. The molecular formula is C15H23N3O2. The van der Waals surface area contributed by atoms with Crippen molar-refractivity contribution in [1.82, 2.24) is 9.80 Å². The summed E-state index contributed by atoms with van der Waals surface area (Å²) in [7, 11) is 3.68. The van der Waals surface area contributed by atoms with Crippen molar-refractivity contribution in [3.63, 3.8) is 0 Å². The Morgan fingerprint density at radius 3 is 2.60 bits per heavy atom. The highest BCUT2D eigenvalue weighted by atomic mass is 16.5. The summed E-state index contributed by atoms with van der Waals surface area (Å²) in [5, 5.41) is 0. The summed E-state index contributed by atoms with van der Waals surface area (Å²) in [5.41, 5.74) is 7.57. The number of nitrogen functional groups attached to an aromatic ring is 1. The molecule has 0 aromatic heterocycles. The molecule has 110 valence electrons. The number of hydrogen-bond donors (Lipinski definition) is 1. The minimum Gasteiger partial charge on any atom is -0.495 e. The second-order valence-electron chi connectivity index (χ2n) is 5.26. The van der Waals surface area contributed by atoms with Crippen LogP contribution in [-0.2, 0) is 11.2 Å². The van der Waals surface area contributed by atoms with E-state index in [1.807, 2.05) is 23.1 Å². The van der Waals surface area contributed by atoms with Crippen LogP contribution in [0.1, 0.15) is 12.0 Å². The third-order valence-corrected chi connectivity index (χ3v) is 3.78. The highest BCUT2D eigenvalue weighted by Gasteiger charge is 2.18. The van der Waals surface area contributed by atoms with Gasteiger partial charge in [-0.25, -0.2) is 0 Å². The molecule has 0 unspecified atom stereocenters. The molecule has 1 aliphatic rings. The monoisotopic (exact) mass is 277 g/mol. The number of carbonyl (C=O) groups excluding carboxylic acids is 1. The van der Waals surface area contributed by atoms with Crippen molar-refractivity contribution in [1.29, 1.82) is 0 Å². The topological polar surface area (TPSA) is 58.8 Å². The number of methoxy groups -OCH3 is 1. The lowest BCUT2D eigenvalue weighted by Gasteiger charge is -2.32. The number of amides is 1. The number of nitrogens with two attached hydrogens (primary N) is 1. The Hall–Kier alpha value is -1.75. The number of ether oxygens (including phenoxy) is 1. The van der Waals surface area contributed by atoms with Crippen molar-refractivity contribution in [2.45, 2.75) is 12.8 Å². The molecule has 5 nitrogen and oxygen atoms in total. The zero-order valence-electron chi connectivity index (χ0n) is 12.3. The Morgan fingerprint density at radius 1 is 1.30 bits per heavy atom. The minimum absolute atomic E-state index is 0.229. The summed E-state index contributed by atoms with van der Waals surface area (Å²) in [4.78, 5) is 16.3. The number of hydrogen-bond acceptors (Lipinski definition) is 4. The van der Waals surface area contributed by atoms with E-state index in [0.717, 1.165) is 38.2 Å². The molecule has 0 spiro atoms. The van der Waals surface area contributed by atoms with E-state index in [2.05, 4.69) is 11.9 Å². The zero-order chi connectivity index (χ0) is 14.5. The van der Waals surface area contributed by atoms with E-state index in [0.29, 0.717) is 17.9 Å². The van der Waals surface area contributed by atoms with Crippen LogP contribution in [0.4, 0.5) is 5.69 Å². The van der Waals surface area contributed by atoms with E-state index in [-0.39, 0.29) is 5.91 Å². The van der Waals surface area contributed by atoms with Crippen LogP contribution in [0, 0.1) is 0 Å². The first-order valence-electron chi connectivity index (χ1n) is 6.99. The number of benzene rings is 1. The number of likely N-dealkylation sites (N-methyl/N-ethyl adjacent to an activating group) is 1. The lowest BCUT2D eigenvalue weighted by atomic mass is 10.1. The first-order valence-corrected chi connectivity index (χ1v) is 6.99. The van der Waals surface area contributed by atoms with Crippen LogP contribution in [-0.4, -0.2) is 56.0 Å². The number of rotatable bonds is 4. The maximum atomic E-state index is 12.1. The van der Waals surface area contributed by atoms with Gasteiger partial charge < -0.3 is 20.3 Å². The third-order valence-electron chi connectivity index (χ3n) is 3.78. The molecule has 1 aromatic rings. The van der Waals surface area contributed by atoms with Gasteiger partial charge in [0, 0.05) is 32.6 Å². The number of aryl methyl sites for hydroxylation is 1. The Morgan fingerprint density at radius 2 is 2.00 bits per heavy atom. The molecule has 20 heavy (non-hydrogen) atoms. The highest BCUT2D eigenvalue weighted by molar-refractivity contribution is 5.76. The average Bonchev–Trinajstić information content (AvgIpc) is 2.45. The summed E-state index contributed by atoms with van der Waals surface area (Å²) < 4.78 is 5.13. The third kappa shape index (κ3) is 3.63. The summed E-state index contributed by atoms with van der Waals surface area (Å²) in [6, 6.07) is 5.70. The zero-order valence-corrected chi connectivity index (χ0v) is 12.3. The van der Waals surface area contributed by atoms with Gasteiger partial charge in [-0.05, 0) is 31.2 Å². The Kier molecular flexibility index (Phi) is 4.84. The quantitative estimate of drug-likeness (QED) is 0.834. The standard InChI is InChI=1S/C15H23N3O2/c1-17-7-9-18(10-8-17)15(19)6-4-12-3-5-14(20-2)13(16)11-12/h3,5,11H,4,6-10,16H2,1-2H3. The van der Waals surface area contributed by atoms with Crippen LogP contribution in [0.3, 0.4) is 0 Å². The lowest BCUT2D eigenvalue weighted by Crippen LogP contribution is -2.47. The van der Waals surface area contributed by atoms with Gasteiger partial charge in [0.15, 0.2) is 0 Å². The maximum absolute atomic E-state index is 12.1.